The van der Waals surface area contributed by atoms with Gasteiger partial charge in [0.15, 0.2) is 10.8 Å². The largest absolute Gasteiger partial charge is 0.311 e. The molecule has 0 bridgehead atoms. The van der Waals surface area contributed by atoms with Crippen molar-refractivity contribution in [3.63, 3.8) is 0 Å². The predicted octanol–water partition coefficient (Wildman–Crippen LogP) is 4.65. The fourth-order valence-corrected chi connectivity index (χ4v) is 6.68. The molecule has 3 aromatic carbocycles. The van der Waals surface area contributed by atoms with Crippen LogP contribution < -0.4 is 10.1 Å². The molecule has 44 heavy (non-hydrogen) atoms. The molecule has 3 aromatic heterocycles. The first-order valence-electron chi connectivity index (χ1n) is 13.4. The van der Waals surface area contributed by atoms with E-state index < -0.39 is 15.9 Å². The number of anilines is 1. The lowest BCUT2D eigenvalue weighted by Crippen LogP contribution is -2.19. The second-order valence-electron chi connectivity index (χ2n) is 10.1. The molecule has 1 amide bonds. The number of rotatable bonds is 8. The fourth-order valence-electron chi connectivity index (χ4n) is 4.63. The van der Waals surface area contributed by atoms with Crippen LogP contribution in [-0.4, -0.2) is 49.9 Å². The van der Waals surface area contributed by atoms with Crippen LogP contribution in [0.1, 0.15) is 32.7 Å². The molecule has 0 aliphatic carbocycles. The van der Waals surface area contributed by atoms with Gasteiger partial charge in [-0.3, -0.25) is 9.52 Å². The van der Waals surface area contributed by atoms with Gasteiger partial charge in [-0.1, -0.05) is 42.0 Å². The third kappa shape index (κ3) is 5.64. The molecule has 0 aliphatic rings. The van der Waals surface area contributed by atoms with Crippen LogP contribution in [0.3, 0.4) is 0 Å². The van der Waals surface area contributed by atoms with Crippen LogP contribution in [0.4, 0.5) is 5.69 Å². The lowest BCUT2D eigenvalue weighted by atomic mass is 10.1. The number of fused-ring (bicyclic) bond motifs is 3. The third-order valence-electron chi connectivity index (χ3n) is 6.90. The van der Waals surface area contributed by atoms with Crippen LogP contribution in [0.15, 0.2) is 93.2 Å². The number of hydrogen-bond acceptors (Lipinski definition) is 9. The van der Waals surface area contributed by atoms with Crippen molar-refractivity contribution >= 4 is 56.1 Å². The minimum Gasteiger partial charge on any atom is -0.311 e. The summed E-state index contributed by atoms with van der Waals surface area (Å²) >= 11 is 1.38. The number of aryl methyl sites for hydroxylation is 4. The highest BCUT2D eigenvalue weighted by atomic mass is 32.2. The van der Waals surface area contributed by atoms with E-state index in [-0.39, 0.29) is 10.5 Å². The van der Waals surface area contributed by atoms with Gasteiger partial charge < -0.3 is 4.57 Å². The molecule has 0 fully saturated rings. The predicted molar refractivity (Wildman–Crippen MR) is 169 cm³/mol. The molecular formula is C30H27N9O3S2. The van der Waals surface area contributed by atoms with Gasteiger partial charge in [0, 0.05) is 18.0 Å². The number of para-hydroxylation sites is 1. The lowest BCUT2D eigenvalue weighted by molar-refractivity contribution is 0.0955. The van der Waals surface area contributed by atoms with E-state index in [2.05, 4.69) is 30.5 Å². The molecule has 6 aromatic rings. The molecule has 2 N–H and O–H groups in total. The van der Waals surface area contributed by atoms with Gasteiger partial charge in [-0.15, -0.1) is 10.2 Å². The number of nitrogens with one attached hydrogen (secondary N) is 2. The van der Waals surface area contributed by atoms with Crippen LogP contribution in [0.5, 0.6) is 0 Å². The summed E-state index contributed by atoms with van der Waals surface area (Å²) in [6, 6.07) is 19.0. The van der Waals surface area contributed by atoms with Crippen LogP contribution in [0.25, 0.3) is 16.6 Å². The first-order valence-corrected chi connectivity index (χ1v) is 15.7. The van der Waals surface area contributed by atoms with E-state index in [0.717, 1.165) is 27.1 Å². The second kappa shape index (κ2) is 11.5. The number of hydrogen-bond donors (Lipinski definition) is 2. The first kappa shape index (κ1) is 29.0. The summed E-state index contributed by atoms with van der Waals surface area (Å²) < 4.78 is 32.3. The first-order chi connectivity index (χ1) is 21.1. The van der Waals surface area contributed by atoms with Crippen molar-refractivity contribution in [2.24, 2.45) is 12.1 Å². The van der Waals surface area contributed by atoms with Gasteiger partial charge in [0.1, 0.15) is 11.4 Å². The smallest absolute Gasteiger partial charge is 0.271 e. The molecule has 14 heteroatoms. The summed E-state index contributed by atoms with van der Waals surface area (Å²) in [6.45, 7) is 5.59. The number of nitrogens with zero attached hydrogens (tertiary/aromatic N) is 7. The van der Waals surface area contributed by atoms with Gasteiger partial charge in [-0.05, 0) is 68.4 Å². The molecule has 0 atom stereocenters. The lowest BCUT2D eigenvalue weighted by Gasteiger charge is -2.12. The Morgan fingerprint density at radius 3 is 2.61 bits per heavy atom. The van der Waals surface area contributed by atoms with Crippen LogP contribution in [-0.2, 0) is 17.1 Å². The Morgan fingerprint density at radius 1 is 1.02 bits per heavy atom. The number of hydrazone groups is 1. The zero-order valence-corrected chi connectivity index (χ0v) is 25.8. The number of carbonyl (C=O) groups is 1. The van der Waals surface area contributed by atoms with E-state index >= 15 is 0 Å². The van der Waals surface area contributed by atoms with Crippen molar-refractivity contribution in [2.75, 3.05) is 4.72 Å². The molecule has 0 unspecified atom stereocenters. The van der Waals surface area contributed by atoms with Crippen LogP contribution in [0, 0.1) is 20.8 Å². The standard InChI is InChI=1S/C30H27N9O3S2/c1-18-12-13-25(19(2)14-18)37-44(41,42)22-9-7-8-21(15-22)28(40)34-31-16-24-20(3)36-39-26-11-6-5-10-23(26)29(33-27(24)39)43-30-35-32-17-38(30)4/h5-17,37H,1-4H3,(H,34,40)/b31-16-. The van der Waals surface area contributed by atoms with E-state index in [4.69, 9.17) is 4.98 Å². The van der Waals surface area contributed by atoms with Gasteiger partial charge in [-0.2, -0.15) is 10.2 Å². The Labute approximate surface area is 257 Å². The van der Waals surface area contributed by atoms with E-state index in [0.29, 0.717) is 27.7 Å². The minimum absolute atomic E-state index is 0.0448. The molecule has 0 radical (unpaired) electrons. The minimum atomic E-state index is -3.93. The van der Waals surface area contributed by atoms with E-state index in [1.807, 2.05) is 68.8 Å². The zero-order valence-electron chi connectivity index (χ0n) is 24.2. The Hall–Kier alpha value is -5.08. The quantitative estimate of drug-likeness (QED) is 0.141. The normalized spacial score (nSPS) is 11.9. The van der Waals surface area contributed by atoms with Gasteiger partial charge in [0.2, 0.25) is 0 Å². The monoisotopic (exact) mass is 625 g/mol. The Morgan fingerprint density at radius 2 is 1.84 bits per heavy atom. The molecule has 0 aliphatic heterocycles. The van der Waals surface area contributed by atoms with Crippen molar-refractivity contribution in [3.8, 4) is 0 Å². The maximum atomic E-state index is 13.1. The summed E-state index contributed by atoms with van der Waals surface area (Å²) in [7, 11) is -2.07. The SMILES string of the molecule is Cc1ccc(NS(=O)(=O)c2cccc(C(=O)N/N=C\c3c(C)nn4c3nc(Sc3nncn3C)c3ccccc34)c2)c(C)c1. The van der Waals surface area contributed by atoms with Crippen molar-refractivity contribution in [3.05, 3.63) is 101 Å². The number of benzene rings is 3. The zero-order chi connectivity index (χ0) is 31.0. The summed E-state index contributed by atoms with van der Waals surface area (Å²) in [5.74, 6) is -0.573. The van der Waals surface area contributed by atoms with Crippen molar-refractivity contribution < 1.29 is 13.2 Å². The number of aromatic nitrogens is 6. The number of amides is 1. The third-order valence-corrected chi connectivity index (χ3v) is 9.32. The van der Waals surface area contributed by atoms with Gasteiger partial charge in [-0.25, -0.2) is 23.3 Å². The van der Waals surface area contributed by atoms with Crippen molar-refractivity contribution in [1.29, 1.82) is 0 Å². The maximum Gasteiger partial charge on any atom is 0.271 e. The van der Waals surface area contributed by atoms with Crippen molar-refractivity contribution in [2.45, 2.75) is 35.8 Å². The van der Waals surface area contributed by atoms with Crippen molar-refractivity contribution in [1.82, 2.24) is 34.8 Å². The molecule has 6 rings (SSSR count). The van der Waals surface area contributed by atoms with E-state index in [1.165, 1.54) is 42.2 Å². The number of sulfonamides is 1. The highest BCUT2D eigenvalue weighted by Gasteiger charge is 2.19. The summed E-state index contributed by atoms with van der Waals surface area (Å²) in [5.41, 5.74) is 7.59. The summed E-state index contributed by atoms with van der Waals surface area (Å²) in [4.78, 5) is 17.8. The highest BCUT2D eigenvalue weighted by Crippen LogP contribution is 2.32. The second-order valence-corrected chi connectivity index (χ2v) is 12.8. The molecular weight excluding hydrogens is 599 g/mol. The van der Waals surface area contributed by atoms with Gasteiger partial charge >= 0.3 is 0 Å². The summed E-state index contributed by atoms with van der Waals surface area (Å²) in [5, 5.41) is 19.3. The van der Waals surface area contributed by atoms with E-state index in [1.54, 1.807) is 16.9 Å². The number of carbonyl (C=O) groups excluding carboxylic acids is 1. The topological polar surface area (TPSA) is 149 Å². The average Bonchev–Trinajstić information content (AvgIpc) is 3.56. The van der Waals surface area contributed by atoms with Crippen LogP contribution in [0.2, 0.25) is 0 Å². The molecule has 0 saturated carbocycles. The highest BCUT2D eigenvalue weighted by molar-refractivity contribution is 7.99. The van der Waals surface area contributed by atoms with Gasteiger partial charge in [0.05, 0.1) is 33.6 Å². The molecule has 12 nitrogen and oxygen atoms in total. The molecule has 222 valence electrons. The fraction of sp³-hybridized carbons (Fsp3) is 0.133. The maximum absolute atomic E-state index is 13.1. The average molecular weight is 626 g/mol. The Bertz CT molecular complexity index is 2200. The van der Waals surface area contributed by atoms with Crippen LogP contribution >= 0.6 is 11.8 Å². The molecule has 0 saturated heterocycles. The molecule has 3 heterocycles. The van der Waals surface area contributed by atoms with E-state index in [9.17, 15) is 13.2 Å². The van der Waals surface area contributed by atoms with Gasteiger partial charge in [0.25, 0.3) is 15.9 Å². The Kier molecular flexibility index (Phi) is 7.61. The Balaban J connectivity index is 1.26. The molecule has 0 spiro atoms. The summed E-state index contributed by atoms with van der Waals surface area (Å²) in [6.07, 6.45) is 3.11.